The Bertz CT molecular complexity index is 1090. The summed E-state index contributed by atoms with van der Waals surface area (Å²) < 4.78 is 2.20. The number of nitrogens with one attached hydrogen (secondary N) is 1. The van der Waals surface area contributed by atoms with Crippen molar-refractivity contribution in [2.24, 2.45) is 5.73 Å². The zero-order valence-corrected chi connectivity index (χ0v) is 19.6. The van der Waals surface area contributed by atoms with Gasteiger partial charge < -0.3 is 25.8 Å². The Kier molecular flexibility index (Phi) is 11.5. The lowest BCUT2D eigenvalue weighted by Gasteiger charge is -2.09. The number of amides is 1. The highest BCUT2D eigenvalue weighted by molar-refractivity contribution is 6.11. The number of benzene rings is 1. The molecule has 33 heavy (non-hydrogen) atoms. The molecule has 0 bridgehead atoms. The van der Waals surface area contributed by atoms with Crippen LogP contribution < -0.4 is 11.1 Å². The topological polar surface area (TPSA) is 160 Å². The standard InChI is InChI=1S/C18H22N4O.C3H7NO2.C2H4O2/c1-3-4-5-8-11-22-12(2)20-15-16(18(19)23)21-14-10-7-6-9-13(14)17(15)22;1-4-2-3(5)6;1-2(3)4/h6-7,9-10H,3-5,8,11H2,1-2H3,(H2,19,23);4H,2H2,1H3,(H,5,6);1H3,(H,3,4). The van der Waals surface area contributed by atoms with E-state index in [0.717, 1.165) is 42.1 Å². The van der Waals surface area contributed by atoms with Gasteiger partial charge >= 0.3 is 5.97 Å². The Hall–Kier alpha value is -3.53. The number of aromatic nitrogens is 3. The lowest BCUT2D eigenvalue weighted by Crippen LogP contribution is -2.16. The Morgan fingerprint density at radius 1 is 1.09 bits per heavy atom. The average molecular weight is 460 g/mol. The monoisotopic (exact) mass is 459 g/mol. The second-order valence-electron chi connectivity index (χ2n) is 7.35. The van der Waals surface area contributed by atoms with E-state index in [2.05, 4.69) is 26.8 Å². The first-order valence-electron chi connectivity index (χ1n) is 10.7. The van der Waals surface area contributed by atoms with E-state index < -0.39 is 17.8 Å². The number of unbranched alkanes of at least 4 members (excludes halogenated alkanes) is 3. The summed E-state index contributed by atoms with van der Waals surface area (Å²) in [5, 5.41) is 18.8. The van der Waals surface area contributed by atoms with Crippen LogP contribution >= 0.6 is 0 Å². The van der Waals surface area contributed by atoms with Gasteiger partial charge in [0.25, 0.3) is 11.9 Å². The maximum absolute atomic E-state index is 11.8. The molecule has 1 aromatic carbocycles. The predicted molar refractivity (Wildman–Crippen MR) is 127 cm³/mol. The predicted octanol–water partition coefficient (Wildman–Crippen LogP) is 2.95. The fraction of sp³-hybridized carbons (Fsp3) is 0.435. The van der Waals surface area contributed by atoms with Crippen LogP contribution in [0.3, 0.4) is 0 Å². The summed E-state index contributed by atoms with van der Waals surface area (Å²) in [5.41, 5.74) is 8.14. The maximum Gasteiger partial charge on any atom is 0.317 e. The van der Waals surface area contributed by atoms with E-state index in [-0.39, 0.29) is 12.2 Å². The van der Waals surface area contributed by atoms with Crippen LogP contribution in [0.4, 0.5) is 0 Å². The number of hydrogen-bond acceptors (Lipinski definition) is 6. The first-order valence-corrected chi connectivity index (χ1v) is 10.7. The van der Waals surface area contributed by atoms with Crippen molar-refractivity contribution in [2.45, 2.75) is 53.0 Å². The number of rotatable bonds is 8. The minimum atomic E-state index is -0.833. The van der Waals surface area contributed by atoms with Gasteiger partial charge in [-0.25, -0.2) is 9.97 Å². The first-order chi connectivity index (χ1) is 15.6. The summed E-state index contributed by atoms with van der Waals surface area (Å²) in [7, 11) is 1.59. The van der Waals surface area contributed by atoms with Gasteiger partial charge in [0.1, 0.15) is 11.3 Å². The minimum Gasteiger partial charge on any atom is -0.481 e. The number of primary amides is 1. The Morgan fingerprint density at radius 2 is 1.73 bits per heavy atom. The van der Waals surface area contributed by atoms with Crippen LogP contribution in [0.1, 0.15) is 55.8 Å². The van der Waals surface area contributed by atoms with Crippen molar-refractivity contribution in [1.82, 2.24) is 19.9 Å². The molecule has 3 aromatic rings. The number of imidazole rings is 1. The average Bonchev–Trinajstić information content (AvgIpc) is 3.06. The molecule has 10 heteroatoms. The first kappa shape index (κ1) is 27.5. The van der Waals surface area contributed by atoms with Crippen molar-refractivity contribution in [1.29, 1.82) is 0 Å². The molecule has 1 amide bonds. The van der Waals surface area contributed by atoms with Gasteiger partial charge in [0.05, 0.1) is 17.6 Å². The molecule has 0 unspecified atom stereocenters. The van der Waals surface area contributed by atoms with E-state index in [4.69, 9.17) is 20.7 Å². The van der Waals surface area contributed by atoms with Gasteiger partial charge in [-0.05, 0) is 26.5 Å². The molecule has 10 nitrogen and oxygen atoms in total. The number of aliphatic carboxylic acids is 2. The number of para-hydroxylation sites is 1. The van der Waals surface area contributed by atoms with Gasteiger partial charge in [-0.1, -0.05) is 44.4 Å². The molecule has 0 saturated heterocycles. The lowest BCUT2D eigenvalue weighted by molar-refractivity contribution is -0.136. The van der Waals surface area contributed by atoms with Gasteiger partial charge in [-0.2, -0.15) is 0 Å². The zero-order valence-electron chi connectivity index (χ0n) is 19.6. The number of carbonyl (C=O) groups is 3. The summed E-state index contributed by atoms with van der Waals surface area (Å²) in [4.78, 5) is 39.3. The maximum atomic E-state index is 11.8. The van der Waals surface area contributed by atoms with E-state index >= 15 is 0 Å². The molecule has 2 aromatic heterocycles. The summed E-state index contributed by atoms with van der Waals surface area (Å²) >= 11 is 0. The quantitative estimate of drug-likeness (QED) is 0.374. The summed E-state index contributed by atoms with van der Waals surface area (Å²) in [6, 6.07) is 7.84. The number of likely N-dealkylation sites (N-methyl/N-ethyl adjacent to an activating group) is 1. The van der Waals surface area contributed by atoms with E-state index in [1.807, 2.05) is 31.2 Å². The smallest absolute Gasteiger partial charge is 0.317 e. The Morgan fingerprint density at radius 3 is 2.24 bits per heavy atom. The number of nitrogens with two attached hydrogens (primary N) is 1. The molecule has 0 saturated carbocycles. The molecule has 5 N–H and O–H groups in total. The Balaban J connectivity index is 0.000000460. The van der Waals surface area contributed by atoms with Crippen molar-refractivity contribution in [3.8, 4) is 0 Å². The van der Waals surface area contributed by atoms with Crippen LogP contribution in [-0.4, -0.2) is 56.2 Å². The summed E-state index contributed by atoms with van der Waals surface area (Å²) in [5.74, 6) is -1.29. The highest BCUT2D eigenvalue weighted by Crippen LogP contribution is 2.27. The lowest BCUT2D eigenvalue weighted by atomic mass is 10.1. The van der Waals surface area contributed by atoms with Crippen LogP contribution in [0, 0.1) is 6.92 Å². The van der Waals surface area contributed by atoms with Crippen LogP contribution in [0.2, 0.25) is 0 Å². The molecular weight excluding hydrogens is 426 g/mol. The van der Waals surface area contributed by atoms with Crippen molar-refractivity contribution < 1.29 is 24.6 Å². The SMILES string of the molecule is CC(=O)O.CCCCCCn1c(C)nc2c(C(N)=O)nc3ccccc3c21.CNCC(=O)O. The van der Waals surface area contributed by atoms with Crippen molar-refractivity contribution in [2.75, 3.05) is 13.6 Å². The third-order valence-corrected chi connectivity index (χ3v) is 4.57. The van der Waals surface area contributed by atoms with Crippen LogP contribution in [0.5, 0.6) is 0 Å². The van der Waals surface area contributed by atoms with E-state index in [0.29, 0.717) is 5.52 Å². The van der Waals surface area contributed by atoms with Crippen LogP contribution in [-0.2, 0) is 16.1 Å². The molecule has 180 valence electrons. The molecule has 0 aliphatic heterocycles. The zero-order chi connectivity index (χ0) is 25.0. The number of carboxylic acids is 2. The van der Waals surface area contributed by atoms with Gasteiger partial charge in [0.15, 0.2) is 5.69 Å². The van der Waals surface area contributed by atoms with Gasteiger partial charge in [-0.15, -0.1) is 0 Å². The number of aryl methyl sites for hydroxylation is 2. The van der Waals surface area contributed by atoms with Gasteiger partial charge in [-0.3, -0.25) is 14.4 Å². The van der Waals surface area contributed by atoms with Crippen molar-refractivity contribution in [3.63, 3.8) is 0 Å². The number of carboxylic acid groups (broad SMARTS) is 2. The summed E-state index contributed by atoms with van der Waals surface area (Å²) in [6.45, 7) is 6.20. The highest BCUT2D eigenvalue weighted by Gasteiger charge is 2.18. The summed E-state index contributed by atoms with van der Waals surface area (Å²) in [6.07, 6.45) is 4.74. The molecule has 0 aliphatic rings. The normalized spacial score (nSPS) is 10.2. The van der Waals surface area contributed by atoms with E-state index in [1.165, 1.54) is 19.3 Å². The fourth-order valence-electron chi connectivity index (χ4n) is 3.24. The third kappa shape index (κ3) is 8.49. The molecule has 0 spiro atoms. The van der Waals surface area contributed by atoms with Crippen LogP contribution in [0.15, 0.2) is 24.3 Å². The molecule has 3 rings (SSSR count). The molecule has 0 radical (unpaired) electrons. The van der Waals surface area contributed by atoms with Crippen molar-refractivity contribution >= 4 is 39.8 Å². The third-order valence-electron chi connectivity index (χ3n) is 4.57. The number of nitrogens with zero attached hydrogens (tertiary/aromatic N) is 3. The minimum absolute atomic E-state index is 0.0417. The largest absolute Gasteiger partial charge is 0.481 e. The number of carbonyl (C=O) groups excluding carboxylic acids is 1. The van der Waals surface area contributed by atoms with Crippen LogP contribution in [0.25, 0.3) is 21.9 Å². The molecule has 0 atom stereocenters. The molecular formula is C23H33N5O5. The second-order valence-corrected chi connectivity index (χ2v) is 7.35. The number of hydrogen-bond donors (Lipinski definition) is 4. The fourth-order valence-corrected chi connectivity index (χ4v) is 3.24. The molecule has 2 heterocycles. The molecule has 0 fully saturated rings. The molecule has 0 aliphatic carbocycles. The highest BCUT2D eigenvalue weighted by atomic mass is 16.4. The van der Waals surface area contributed by atoms with E-state index in [9.17, 15) is 9.59 Å². The van der Waals surface area contributed by atoms with Gasteiger partial charge in [0, 0.05) is 18.9 Å². The Labute approximate surface area is 192 Å². The second kappa shape index (κ2) is 13.8. The number of fused-ring (bicyclic) bond motifs is 3. The van der Waals surface area contributed by atoms with Crippen molar-refractivity contribution in [3.05, 3.63) is 35.8 Å². The van der Waals surface area contributed by atoms with E-state index in [1.54, 1.807) is 7.05 Å². The number of pyridine rings is 1. The van der Waals surface area contributed by atoms with Gasteiger partial charge in [0.2, 0.25) is 0 Å².